The molecule has 7 heteroatoms. The number of sulfonamides is 1. The highest BCUT2D eigenvalue weighted by Gasteiger charge is 2.16. The Morgan fingerprint density at radius 1 is 1.07 bits per heavy atom. The number of ether oxygens (including phenoxy) is 1. The summed E-state index contributed by atoms with van der Waals surface area (Å²) in [7, 11) is -2.32. The Hall–Kier alpha value is -3.32. The topological polar surface area (TPSA) is 84.5 Å². The quantitative estimate of drug-likeness (QED) is 0.661. The van der Waals surface area contributed by atoms with E-state index in [4.69, 9.17) is 4.74 Å². The molecule has 0 fully saturated rings. The van der Waals surface area contributed by atoms with E-state index in [1.54, 1.807) is 44.4 Å². The van der Waals surface area contributed by atoms with E-state index in [2.05, 4.69) is 23.2 Å². The summed E-state index contributed by atoms with van der Waals surface area (Å²) in [6.45, 7) is 9.14. The molecule has 28 heavy (non-hydrogen) atoms. The molecule has 0 saturated carbocycles. The second-order valence-electron chi connectivity index (χ2n) is 6.02. The van der Waals surface area contributed by atoms with E-state index < -0.39 is 15.9 Å². The van der Waals surface area contributed by atoms with Crippen LogP contribution in [0.4, 0.5) is 5.69 Å². The summed E-state index contributed by atoms with van der Waals surface area (Å²) in [5, 5.41) is 2.71. The van der Waals surface area contributed by atoms with Gasteiger partial charge in [-0.1, -0.05) is 30.9 Å². The van der Waals surface area contributed by atoms with Gasteiger partial charge in [-0.2, -0.15) is 0 Å². The smallest absolute Gasteiger partial charge is 0.261 e. The van der Waals surface area contributed by atoms with Gasteiger partial charge >= 0.3 is 0 Å². The standard InChI is InChI=1S/C21H22N2O4S/c1-15(2)8-9-16(3)23-28(25,26)20-7-5-6-17(14-20)21(24)22-18-10-12-19(27-4)13-11-18/h5-14,23H,1,3H2,2,4H3,(H,22,24)/b9-8-. The number of hydrogen-bond donors (Lipinski definition) is 2. The molecule has 0 aromatic heterocycles. The van der Waals surface area contributed by atoms with Crippen LogP contribution in [0.15, 0.2) is 90.0 Å². The zero-order chi connectivity index (χ0) is 20.7. The molecule has 146 valence electrons. The van der Waals surface area contributed by atoms with Crippen LogP contribution in [-0.4, -0.2) is 21.4 Å². The molecule has 0 radical (unpaired) electrons. The van der Waals surface area contributed by atoms with Crippen LogP contribution in [-0.2, 0) is 10.0 Å². The Morgan fingerprint density at radius 3 is 2.36 bits per heavy atom. The monoisotopic (exact) mass is 398 g/mol. The van der Waals surface area contributed by atoms with Crippen molar-refractivity contribution in [3.8, 4) is 5.75 Å². The second kappa shape index (κ2) is 9.05. The normalized spacial score (nSPS) is 11.1. The highest BCUT2D eigenvalue weighted by atomic mass is 32.2. The van der Waals surface area contributed by atoms with Gasteiger partial charge in [-0.25, -0.2) is 8.42 Å². The maximum Gasteiger partial charge on any atom is 0.261 e. The molecular formula is C21H22N2O4S. The molecule has 2 aromatic carbocycles. The summed E-state index contributed by atoms with van der Waals surface area (Å²) < 4.78 is 32.5. The van der Waals surface area contributed by atoms with E-state index in [-0.39, 0.29) is 16.2 Å². The molecule has 0 atom stereocenters. The summed E-state index contributed by atoms with van der Waals surface area (Å²) in [6, 6.07) is 12.6. The number of anilines is 1. The fraction of sp³-hybridized carbons (Fsp3) is 0.0952. The Kier molecular flexibility index (Phi) is 6.79. The average molecular weight is 398 g/mol. The van der Waals surface area contributed by atoms with Crippen molar-refractivity contribution < 1.29 is 17.9 Å². The van der Waals surface area contributed by atoms with E-state index in [0.717, 1.165) is 5.57 Å². The molecule has 0 aliphatic rings. The number of methoxy groups -OCH3 is 1. The van der Waals surface area contributed by atoms with Gasteiger partial charge < -0.3 is 10.1 Å². The first-order valence-electron chi connectivity index (χ1n) is 8.32. The molecule has 2 aromatic rings. The van der Waals surface area contributed by atoms with Crippen molar-refractivity contribution in [2.75, 3.05) is 12.4 Å². The van der Waals surface area contributed by atoms with E-state index in [9.17, 15) is 13.2 Å². The molecule has 2 N–H and O–H groups in total. The SMILES string of the molecule is C=C(C)/C=C\C(=C)NS(=O)(=O)c1cccc(C(=O)Nc2ccc(OC)cc2)c1. The predicted molar refractivity (Wildman–Crippen MR) is 111 cm³/mol. The van der Waals surface area contributed by atoms with Gasteiger partial charge in [0, 0.05) is 16.9 Å². The number of benzene rings is 2. The average Bonchev–Trinajstić information content (AvgIpc) is 2.66. The van der Waals surface area contributed by atoms with Gasteiger partial charge in [0.15, 0.2) is 0 Å². The van der Waals surface area contributed by atoms with Crippen molar-refractivity contribution in [2.24, 2.45) is 0 Å². The Labute approximate surface area is 165 Å². The maximum atomic E-state index is 12.5. The third-order valence-electron chi connectivity index (χ3n) is 3.59. The molecule has 0 heterocycles. The fourth-order valence-corrected chi connectivity index (χ4v) is 3.26. The van der Waals surface area contributed by atoms with Gasteiger partial charge in [-0.15, -0.1) is 0 Å². The summed E-state index contributed by atoms with van der Waals surface area (Å²) >= 11 is 0. The summed E-state index contributed by atoms with van der Waals surface area (Å²) in [6.07, 6.45) is 3.16. The molecule has 0 spiro atoms. The van der Waals surface area contributed by atoms with Gasteiger partial charge in [-0.3, -0.25) is 9.52 Å². The molecule has 0 aliphatic heterocycles. The highest BCUT2D eigenvalue weighted by Crippen LogP contribution is 2.17. The lowest BCUT2D eigenvalue weighted by Crippen LogP contribution is -2.22. The number of carbonyl (C=O) groups is 1. The van der Waals surface area contributed by atoms with Crippen LogP contribution in [0.5, 0.6) is 5.75 Å². The third-order valence-corrected chi connectivity index (χ3v) is 4.99. The van der Waals surface area contributed by atoms with E-state index in [0.29, 0.717) is 11.4 Å². The van der Waals surface area contributed by atoms with Crippen LogP contribution < -0.4 is 14.8 Å². The fourth-order valence-electron chi connectivity index (χ4n) is 2.19. The van der Waals surface area contributed by atoms with Gasteiger partial charge in [0.05, 0.1) is 12.0 Å². The van der Waals surface area contributed by atoms with Crippen molar-refractivity contribution in [2.45, 2.75) is 11.8 Å². The minimum atomic E-state index is -3.87. The molecule has 0 bridgehead atoms. The Balaban J connectivity index is 2.16. The predicted octanol–water partition coefficient (Wildman–Crippen LogP) is 3.87. The zero-order valence-corrected chi connectivity index (χ0v) is 16.5. The van der Waals surface area contributed by atoms with Crippen LogP contribution in [0, 0.1) is 0 Å². The summed E-state index contributed by atoms with van der Waals surface area (Å²) in [4.78, 5) is 12.4. The molecule has 6 nitrogen and oxygen atoms in total. The van der Waals surface area contributed by atoms with Crippen LogP contribution >= 0.6 is 0 Å². The van der Waals surface area contributed by atoms with Gasteiger partial charge in [0.2, 0.25) is 0 Å². The van der Waals surface area contributed by atoms with Crippen molar-refractivity contribution in [1.29, 1.82) is 0 Å². The number of nitrogens with one attached hydrogen (secondary N) is 2. The molecule has 0 unspecified atom stereocenters. The maximum absolute atomic E-state index is 12.5. The number of hydrogen-bond acceptors (Lipinski definition) is 4. The van der Waals surface area contributed by atoms with Crippen molar-refractivity contribution in [3.63, 3.8) is 0 Å². The minimum absolute atomic E-state index is 0.0419. The molecule has 2 rings (SSSR count). The lowest BCUT2D eigenvalue weighted by molar-refractivity contribution is 0.102. The lowest BCUT2D eigenvalue weighted by Gasteiger charge is -2.10. The minimum Gasteiger partial charge on any atom is -0.497 e. The Morgan fingerprint density at radius 2 is 1.75 bits per heavy atom. The van der Waals surface area contributed by atoms with Crippen molar-refractivity contribution in [1.82, 2.24) is 4.72 Å². The number of allylic oxidation sites excluding steroid dienone is 3. The molecular weight excluding hydrogens is 376 g/mol. The van der Waals surface area contributed by atoms with Gasteiger partial charge in [0.25, 0.3) is 15.9 Å². The van der Waals surface area contributed by atoms with Crippen LogP contribution in [0.2, 0.25) is 0 Å². The first-order chi connectivity index (χ1) is 13.2. The van der Waals surface area contributed by atoms with Crippen molar-refractivity contribution >= 4 is 21.6 Å². The van der Waals surface area contributed by atoms with Crippen LogP contribution in [0.25, 0.3) is 0 Å². The molecule has 0 aliphatic carbocycles. The van der Waals surface area contributed by atoms with E-state index in [1.807, 2.05) is 0 Å². The van der Waals surface area contributed by atoms with Crippen molar-refractivity contribution in [3.05, 3.63) is 90.7 Å². The van der Waals surface area contributed by atoms with E-state index in [1.165, 1.54) is 30.3 Å². The summed E-state index contributed by atoms with van der Waals surface area (Å²) in [5.74, 6) is 0.237. The molecule has 0 saturated heterocycles. The number of carbonyl (C=O) groups excluding carboxylic acids is 1. The Bertz CT molecular complexity index is 1020. The van der Waals surface area contributed by atoms with Gasteiger partial charge in [-0.05, 0) is 55.5 Å². The van der Waals surface area contributed by atoms with Gasteiger partial charge in [0.1, 0.15) is 5.75 Å². The number of amides is 1. The van der Waals surface area contributed by atoms with Crippen LogP contribution in [0.1, 0.15) is 17.3 Å². The zero-order valence-electron chi connectivity index (χ0n) is 15.7. The third kappa shape index (κ3) is 5.85. The highest BCUT2D eigenvalue weighted by molar-refractivity contribution is 7.89. The van der Waals surface area contributed by atoms with E-state index >= 15 is 0 Å². The number of rotatable bonds is 8. The molecule has 1 amide bonds. The lowest BCUT2D eigenvalue weighted by atomic mass is 10.2. The summed E-state index contributed by atoms with van der Waals surface area (Å²) in [5.41, 5.74) is 1.73. The van der Waals surface area contributed by atoms with Crippen LogP contribution in [0.3, 0.4) is 0 Å². The first-order valence-corrected chi connectivity index (χ1v) is 9.80. The largest absolute Gasteiger partial charge is 0.497 e. The second-order valence-corrected chi connectivity index (χ2v) is 7.70. The first kappa shape index (κ1) is 21.0.